The zero-order valence-corrected chi connectivity index (χ0v) is 10.8. The summed E-state index contributed by atoms with van der Waals surface area (Å²) >= 11 is 2.65. The first kappa shape index (κ1) is 12.4. The van der Waals surface area contributed by atoms with Crippen molar-refractivity contribution in [3.63, 3.8) is 0 Å². The van der Waals surface area contributed by atoms with Gasteiger partial charge in [-0.05, 0) is 39.2 Å². The lowest BCUT2D eigenvalue weighted by molar-refractivity contribution is -0.153. The summed E-state index contributed by atoms with van der Waals surface area (Å²) in [6, 6.07) is 0. The molecule has 84 valence electrons. The van der Waals surface area contributed by atoms with Crippen LogP contribution in [0.15, 0.2) is 10.7 Å². The van der Waals surface area contributed by atoms with E-state index in [9.17, 15) is 4.79 Å². The van der Waals surface area contributed by atoms with Crippen molar-refractivity contribution < 1.29 is 9.53 Å². The maximum atomic E-state index is 11.6. The lowest BCUT2D eigenvalue weighted by atomic mass is 10.2. The Morgan fingerprint density at radius 3 is 2.73 bits per heavy atom. The smallest absolute Gasteiger partial charge is 0.319 e. The number of rotatable bonds is 3. The van der Waals surface area contributed by atoms with E-state index in [4.69, 9.17) is 4.74 Å². The zero-order valence-electron chi connectivity index (χ0n) is 9.18. The van der Waals surface area contributed by atoms with Gasteiger partial charge in [0.05, 0.1) is 0 Å². The number of esters is 1. The third-order valence-electron chi connectivity index (χ3n) is 1.36. The second-order valence-corrected chi connectivity index (χ2v) is 6.37. The van der Waals surface area contributed by atoms with Gasteiger partial charge in [-0.1, -0.05) is 11.8 Å². The maximum absolute atomic E-state index is 11.6. The minimum Gasteiger partial charge on any atom is -0.459 e. The number of nitrogens with zero attached hydrogens (tertiary/aromatic N) is 2. The topological polar surface area (TPSA) is 52.1 Å². The Labute approximate surface area is 97.6 Å². The first-order chi connectivity index (χ1) is 6.88. The van der Waals surface area contributed by atoms with Crippen LogP contribution in [-0.4, -0.2) is 26.2 Å². The van der Waals surface area contributed by atoms with Gasteiger partial charge in [-0.25, -0.2) is 4.98 Å². The highest BCUT2D eigenvalue weighted by atomic mass is 32.2. The van der Waals surface area contributed by atoms with Gasteiger partial charge in [0.2, 0.25) is 0 Å². The number of carbonyl (C=O) groups excluding carboxylic acids is 1. The molecule has 0 aliphatic heterocycles. The van der Waals surface area contributed by atoms with Crippen LogP contribution in [0.5, 0.6) is 0 Å². The highest BCUT2D eigenvalue weighted by molar-refractivity contribution is 8.02. The van der Waals surface area contributed by atoms with Crippen molar-refractivity contribution >= 4 is 29.3 Å². The van der Waals surface area contributed by atoms with Gasteiger partial charge >= 0.3 is 5.97 Å². The van der Waals surface area contributed by atoms with E-state index in [1.807, 2.05) is 20.8 Å². The molecule has 0 saturated carbocycles. The lowest BCUT2D eigenvalue weighted by Gasteiger charge is -2.21. The van der Waals surface area contributed by atoms with Gasteiger partial charge in [0.1, 0.15) is 17.2 Å². The summed E-state index contributed by atoms with van der Waals surface area (Å²) in [5.41, 5.74) is -0.437. The fraction of sp³-hybridized carbons (Fsp3) is 0.667. The Bertz CT molecular complexity index is 319. The second kappa shape index (κ2) is 4.94. The molecule has 4 nitrogen and oxygen atoms in total. The molecular weight excluding hydrogens is 232 g/mol. The third-order valence-corrected chi connectivity index (χ3v) is 3.18. The quantitative estimate of drug-likeness (QED) is 0.605. The van der Waals surface area contributed by atoms with Crippen LogP contribution in [0.25, 0.3) is 0 Å². The van der Waals surface area contributed by atoms with Crippen LogP contribution in [-0.2, 0) is 9.53 Å². The van der Waals surface area contributed by atoms with Crippen LogP contribution in [0.2, 0.25) is 0 Å². The van der Waals surface area contributed by atoms with Crippen molar-refractivity contribution in [1.82, 2.24) is 9.36 Å². The number of aromatic nitrogens is 2. The lowest BCUT2D eigenvalue weighted by Crippen LogP contribution is -2.28. The Balaban J connectivity index is 2.47. The summed E-state index contributed by atoms with van der Waals surface area (Å²) in [6.45, 7) is 7.37. The van der Waals surface area contributed by atoms with Crippen LogP contribution >= 0.6 is 23.3 Å². The van der Waals surface area contributed by atoms with E-state index in [2.05, 4.69) is 9.36 Å². The molecule has 1 aromatic rings. The first-order valence-electron chi connectivity index (χ1n) is 4.54. The first-order valence-corrected chi connectivity index (χ1v) is 6.20. The van der Waals surface area contributed by atoms with Gasteiger partial charge in [0.15, 0.2) is 4.34 Å². The average molecular weight is 246 g/mol. The van der Waals surface area contributed by atoms with E-state index in [0.717, 1.165) is 4.34 Å². The molecule has 0 aliphatic carbocycles. The largest absolute Gasteiger partial charge is 0.459 e. The number of hydrogen-bond acceptors (Lipinski definition) is 6. The number of hydrogen-bond donors (Lipinski definition) is 0. The van der Waals surface area contributed by atoms with Crippen molar-refractivity contribution in [2.75, 3.05) is 0 Å². The van der Waals surface area contributed by atoms with Gasteiger partial charge < -0.3 is 4.74 Å². The van der Waals surface area contributed by atoms with E-state index < -0.39 is 5.60 Å². The molecule has 0 radical (unpaired) electrons. The highest BCUT2D eigenvalue weighted by Gasteiger charge is 2.23. The van der Waals surface area contributed by atoms with Crippen LogP contribution in [0, 0.1) is 0 Å². The molecule has 0 aromatic carbocycles. The third kappa shape index (κ3) is 4.61. The fourth-order valence-electron chi connectivity index (χ4n) is 0.799. The normalized spacial score (nSPS) is 13.6. The Hall–Kier alpha value is -0.620. The predicted molar refractivity (Wildman–Crippen MR) is 61.1 cm³/mol. The average Bonchev–Trinajstić information content (AvgIpc) is 2.53. The zero-order chi connectivity index (χ0) is 11.5. The molecule has 0 aliphatic rings. The number of ether oxygens (including phenoxy) is 1. The molecule has 0 amide bonds. The van der Waals surface area contributed by atoms with E-state index >= 15 is 0 Å². The molecule has 1 rings (SSSR count). The van der Waals surface area contributed by atoms with Crippen LogP contribution in [0.4, 0.5) is 0 Å². The summed E-state index contributed by atoms with van der Waals surface area (Å²) in [5, 5.41) is -0.253. The maximum Gasteiger partial charge on any atom is 0.319 e. The molecule has 1 unspecified atom stereocenters. The van der Waals surface area contributed by atoms with Crippen molar-refractivity contribution in [2.45, 2.75) is 42.9 Å². The van der Waals surface area contributed by atoms with Crippen molar-refractivity contribution in [3.05, 3.63) is 6.33 Å². The molecule has 0 fully saturated rings. The summed E-state index contributed by atoms with van der Waals surface area (Å²) in [4.78, 5) is 15.6. The molecule has 0 spiro atoms. The van der Waals surface area contributed by atoms with Crippen molar-refractivity contribution in [2.24, 2.45) is 0 Å². The fourth-order valence-corrected chi connectivity index (χ4v) is 2.37. The second-order valence-electron chi connectivity index (χ2n) is 4.00. The molecule has 0 saturated heterocycles. The number of carbonyl (C=O) groups is 1. The van der Waals surface area contributed by atoms with Gasteiger partial charge in [-0.3, -0.25) is 4.79 Å². The van der Waals surface area contributed by atoms with Gasteiger partial charge in [0, 0.05) is 0 Å². The molecule has 6 heteroatoms. The minimum atomic E-state index is -0.437. The monoisotopic (exact) mass is 246 g/mol. The molecule has 1 heterocycles. The van der Waals surface area contributed by atoms with Gasteiger partial charge in [0.25, 0.3) is 0 Å². The summed E-state index contributed by atoms with van der Waals surface area (Å²) in [6.07, 6.45) is 1.48. The van der Waals surface area contributed by atoms with E-state index in [0.29, 0.717) is 0 Å². The Morgan fingerprint density at radius 1 is 1.60 bits per heavy atom. The van der Waals surface area contributed by atoms with Crippen LogP contribution in [0.3, 0.4) is 0 Å². The molecule has 0 N–H and O–H groups in total. The SMILES string of the molecule is CC(Sc1ncns1)C(=O)OC(C)(C)C. The standard InChI is InChI=1S/C9H14N2O2S2/c1-6(7(12)13-9(2,3)4)14-8-10-5-11-15-8/h5-6H,1-4H3. The summed E-state index contributed by atoms with van der Waals surface area (Å²) < 4.78 is 9.90. The van der Waals surface area contributed by atoms with Crippen molar-refractivity contribution in [3.8, 4) is 0 Å². The molecule has 15 heavy (non-hydrogen) atoms. The number of thioether (sulfide) groups is 1. The molecule has 1 atom stereocenters. The van der Waals surface area contributed by atoms with Crippen molar-refractivity contribution in [1.29, 1.82) is 0 Å². The van der Waals surface area contributed by atoms with E-state index in [1.165, 1.54) is 29.6 Å². The summed E-state index contributed by atoms with van der Waals surface area (Å²) in [5.74, 6) is -0.220. The Kier molecular flexibility index (Phi) is 4.10. The van der Waals surface area contributed by atoms with Crippen LogP contribution in [0.1, 0.15) is 27.7 Å². The Morgan fingerprint density at radius 2 is 2.27 bits per heavy atom. The minimum absolute atomic E-state index is 0.220. The predicted octanol–water partition coefficient (Wildman–Crippen LogP) is 2.36. The van der Waals surface area contributed by atoms with Gasteiger partial charge in [-0.15, -0.1) is 0 Å². The molecule has 0 bridgehead atoms. The summed E-state index contributed by atoms with van der Waals surface area (Å²) in [7, 11) is 0. The van der Waals surface area contributed by atoms with E-state index in [1.54, 1.807) is 6.92 Å². The molecular formula is C9H14N2O2S2. The molecule has 1 aromatic heterocycles. The van der Waals surface area contributed by atoms with E-state index in [-0.39, 0.29) is 11.2 Å². The van der Waals surface area contributed by atoms with Crippen LogP contribution < -0.4 is 0 Å². The highest BCUT2D eigenvalue weighted by Crippen LogP contribution is 2.25. The van der Waals surface area contributed by atoms with Gasteiger partial charge in [-0.2, -0.15) is 4.37 Å².